The van der Waals surface area contributed by atoms with Crippen LogP contribution in [0.25, 0.3) is 0 Å². The number of nitrogens with zero attached hydrogens (tertiary/aromatic N) is 1. The van der Waals surface area contributed by atoms with Crippen LogP contribution in [0, 0.1) is 17.3 Å². The molecule has 2 aliphatic heterocycles. The average molecular weight is 236 g/mol. The molecular weight excluding hydrogens is 216 g/mol. The van der Waals surface area contributed by atoms with E-state index in [9.17, 15) is 9.59 Å². The van der Waals surface area contributed by atoms with Crippen molar-refractivity contribution >= 4 is 11.8 Å². The SMILES string of the molecule is CCC1(CC)CC(=O)N(C2C3CNCC32)C1=O. The minimum atomic E-state index is -0.388. The second-order valence-electron chi connectivity index (χ2n) is 5.71. The predicted molar refractivity (Wildman–Crippen MR) is 63.1 cm³/mol. The third kappa shape index (κ3) is 1.33. The van der Waals surface area contributed by atoms with Gasteiger partial charge in [0.15, 0.2) is 0 Å². The number of likely N-dealkylation sites (tertiary alicyclic amines) is 1. The molecule has 2 atom stereocenters. The van der Waals surface area contributed by atoms with Crippen molar-refractivity contribution in [2.45, 2.75) is 39.2 Å². The largest absolute Gasteiger partial charge is 0.316 e. The summed E-state index contributed by atoms with van der Waals surface area (Å²) in [5, 5.41) is 3.30. The molecule has 0 radical (unpaired) electrons. The zero-order valence-corrected chi connectivity index (χ0v) is 10.5. The van der Waals surface area contributed by atoms with Crippen molar-refractivity contribution < 1.29 is 9.59 Å². The molecular formula is C13H20N2O2. The van der Waals surface area contributed by atoms with Gasteiger partial charge in [0.25, 0.3) is 0 Å². The Morgan fingerprint density at radius 3 is 2.29 bits per heavy atom. The number of nitrogens with one attached hydrogen (secondary N) is 1. The maximum Gasteiger partial charge on any atom is 0.236 e. The molecule has 2 amide bonds. The van der Waals surface area contributed by atoms with E-state index in [2.05, 4.69) is 5.32 Å². The van der Waals surface area contributed by atoms with E-state index in [0.717, 1.165) is 25.9 Å². The van der Waals surface area contributed by atoms with Crippen molar-refractivity contribution in [1.82, 2.24) is 10.2 Å². The molecule has 1 saturated carbocycles. The van der Waals surface area contributed by atoms with Crippen LogP contribution in [0.5, 0.6) is 0 Å². The lowest BCUT2D eigenvalue weighted by atomic mass is 9.81. The van der Waals surface area contributed by atoms with E-state index in [1.807, 2.05) is 13.8 Å². The fourth-order valence-corrected chi connectivity index (χ4v) is 3.69. The van der Waals surface area contributed by atoms with Gasteiger partial charge in [0.05, 0.1) is 5.41 Å². The summed E-state index contributed by atoms with van der Waals surface area (Å²) < 4.78 is 0. The highest BCUT2D eigenvalue weighted by Crippen LogP contribution is 2.51. The molecule has 3 fully saturated rings. The van der Waals surface area contributed by atoms with Gasteiger partial charge in [-0.1, -0.05) is 13.8 Å². The van der Waals surface area contributed by atoms with Crippen molar-refractivity contribution in [1.29, 1.82) is 0 Å². The fraction of sp³-hybridized carbons (Fsp3) is 0.846. The van der Waals surface area contributed by atoms with E-state index in [4.69, 9.17) is 0 Å². The third-order valence-corrected chi connectivity index (χ3v) is 5.13. The van der Waals surface area contributed by atoms with Gasteiger partial charge < -0.3 is 5.32 Å². The molecule has 0 bridgehead atoms. The topological polar surface area (TPSA) is 49.4 Å². The number of amides is 2. The lowest BCUT2D eigenvalue weighted by molar-refractivity contribution is -0.142. The molecule has 0 spiro atoms. The van der Waals surface area contributed by atoms with E-state index < -0.39 is 0 Å². The molecule has 94 valence electrons. The molecule has 0 aromatic carbocycles. The van der Waals surface area contributed by atoms with E-state index in [1.165, 1.54) is 0 Å². The van der Waals surface area contributed by atoms with E-state index in [1.54, 1.807) is 4.90 Å². The highest BCUT2D eigenvalue weighted by Gasteiger charge is 2.63. The second-order valence-corrected chi connectivity index (χ2v) is 5.71. The summed E-state index contributed by atoms with van der Waals surface area (Å²) in [5.74, 6) is 1.24. The first-order valence-electron chi connectivity index (χ1n) is 6.72. The Bertz CT molecular complexity index is 366. The molecule has 4 heteroatoms. The zero-order valence-electron chi connectivity index (χ0n) is 10.5. The first-order chi connectivity index (χ1) is 8.14. The Hall–Kier alpha value is -0.900. The summed E-state index contributed by atoms with van der Waals surface area (Å²) in [6.07, 6.45) is 2.00. The van der Waals surface area contributed by atoms with Crippen LogP contribution < -0.4 is 5.32 Å². The molecule has 3 rings (SSSR count). The summed E-state index contributed by atoms with van der Waals surface area (Å²) in [6, 6.07) is 0.219. The van der Waals surface area contributed by atoms with Crippen LogP contribution in [0.3, 0.4) is 0 Å². The Morgan fingerprint density at radius 1 is 1.24 bits per heavy atom. The van der Waals surface area contributed by atoms with Crippen LogP contribution in [0.15, 0.2) is 0 Å². The van der Waals surface area contributed by atoms with Gasteiger partial charge in [-0.3, -0.25) is 14.5 Å². The first-order valence-corrected chi connectivity index (χ1v) is 6.72. The molecule has 1 N–H and O–H groups in total. The standard InChI is InChI=1S/C13H20N2O2/c1-3-13(4-2)5-10(16)15(12(13)17)11-8-6-14-7-9(8)11/h8-9,11,14H,3-7H2,1-2H3. The smallest absolute Gasteiger partial charge is 0.236 e. The van der Waals surface area contributed by atoms with Gasteiger partial charge in [-0.05, 0) is 24.7 Å². The van der Waals surface area contributed by atoms with E-state index >= 15 is 0 Å². The molecule has 3 aliphatic rings. The Labute approximate surface area is 102 Å². The highest BCUT2D eigenvalue weighted by atomic mass is 16.2. The number of fused-ring (bicyclic) bond motifs is 1. The minimum Gasteiger partial charge on any atom is -0.316 e. The average Bonchev–Trinajstić information content (AvgIpc) is 2.74. The summed E-state index contributed by atoms with van der Waals surface area (Å²) in [4.78, 5) is 26.2. The van der Waals surface area contributed by atoms with Crippen molar-refractivity contribution in [2.24, 2.45) is 17.3 Å². The predicted octanol–water partition coefficient (Wildman–Crippen LogP) is 0.769. The Balaban J connectivity index is 1.83. The first kappa shape index (κ1) is 11.2. The summed E-state index contributed by atoms with van der Waals surface area (Å²) in [7, 11) is 0. The van der Waals surface area contributed by atoms with Gasteiger partial charge in [-0.2, -0.15) is 0 Å². The van der Waals surface area contributed by atoms with Gasteiger partial charge in [0.2, 0.25) is 11.8 Å². The Morgan fingerprint density at radius 2 is 1.82 bits per heavy atom. The van der Waals surface area contributed by atoms with Crippen LogP contribution in [-0.2, 0) is 9.59 Å². The number of carbonyl (C=O) groups is 2. The quantitative estimate of drug-likeness (QED) is 0.736. The number of imide groups is 1. The highest BCUT2D eigenvalue weighted by molar-refractivity contribution is 6.06. The van der Waals surface area contributed by atoms with E-state index in [-0.39, 0.29) is 23.3 Å². The van der Waals surface area contributed by atoms with Gasteiger partial charge in [0, 0.05) is 25.6 Å². The number of rotatable bonds is 3. The molecule has 1 aliphatic carbocycles. The summed E-state index contributed by atoms with van der Waals surface area (Å²) in [6.45, 7) is 5.98. The molecule has 2 heterocycles. The van der Waals surface area contributed by atoms with Crippen molar-refractivity contribution in [3.8, 4) is 0 Å². The number of piperidine rings is 1. The summed E-state index contributed by atoms with van der Waals surface area (Å²) >= 11 is 0. The lowest BCUT2D eigenvalue weighted by Gasteiger charge is -2.24. The number of hydrogen-bond donors (Lipinski definition) is 1. The van der Waals surface area contributed by atoms with Crippen LogP contribution in [0.2, 0.25) is 0 Å². The van der Waals surface area contributed by atoms with Gasteiger partial charge >= 0.3 is 0 Å². The van der Waals surface area contributed by atoms with Gasteiger partial charge in [-0.25, -0.2) is 0 Å². The fourth-order valence-electron chi connectivity index (χ4n) is 3.69. The number of hydrogen-bond acceptors (Lipinski definition) is 3. The van der Waals surface area contributed by atoms with Crippen molar-refractivity contribution in [3.05, 3.63) is 0 Å². The maximum atomic E-state index is 12.5. The lowest BCUT2D eigenvalue weighted by Crippen LogP contribution is -2.40. The molecule has 2 unspecified atom stereocenters. The Kier molecular flexibility index (Phi) is 2.34. The van der Waals surface area contributed by atoms with Crippen LogP contribution >= 0.6 is 0 Å². The zero-order chi connectivity index (χ0) is 12.2. The second kappa shape index (κ2) is 3.55. The molecule has 17 heavy (non-hydrogen) atoms. The monoisotopic (exact) mass is 236 g/mol. The minimum absolute atomic E-state index is 0.0677. The molecule has 4 nitrogen and oxygen atoms in total. The maximum absolute atomic E-state index is 12.5. The van der Waals surface area contributed by atoms with E-state index in [0.29, 0.717) is 18.3 Å². The van der Waals surface area contributed by atoms with Crippen molar-refractivity contribution in [3.63, 3.8) is 0 Å². The van der Waals surface area contributed by atoms with Crippen LogP contribution in [0.1, 0.15) is 33.1 Å². The normalized spacial score (nSPS) is 38.7. The van der Waals surface area contributed by atoms with Crippen LogP contribution in [-0.4, -0.2) is 35.8 Å². The van der Waals surface area contributed by atoms with Crippen molar-refractivity contribution in [2.75, 3.05) is 13.1 Å². The van der Waals surface area contributed by atoms with Gasteiger partial charge in [-0.15, -0.1) is 0 Å². The number of carbonyl (C=O) groups excluding carboxylic acids is 2. The van der Waals surface area contributed by atoms with Gasteiger partial charge in [0.1, 0.15) is 0 Å². The van der Waals surface area contributed by atoms with Crippen LogP contribution in [0.4, 0.5) is 0 Å². The third-order valence-electron chi connectivity index (χ3n) is 5.13. The molecule has 2 saturated heterocycles. The summed E-state index contributed by atoms with van der Waals surface area (Å²) in [5.41, 5.74) is -0.388. The molecule has 0 aromatic heterocycles. The molecule has 0 aromatic rings.